The van der Waals surface area contributed by atoms with Crippen LogP contribution in [-0.4, -0.2) is 37.1 Å². The molecule has 1 heterocycles. The highest BCUT2D eigenvalue weighted by Crippen LogP contribution is 2.14. The molecule has 0 aliphatic heterocycles. The van der Waals surface area contributed by atoms with Gasteiger partial charge in [-0.25, -0.2) is 4.39 Å². The van der Waals surface area contributed by atoms with Crippen LogP contribution in [0.3, 0.4) is 0 Å². The summed E-state index contributed by atoms with van der Waals surface area (Å²) < 4.78 is 12.8. The first kappa shape index (κ1) is 14.1. The fourth-order valence-electron chi connectivity index (χ4n) is 1.88. The standard InChI is InChI=1S/C13H22FN3/c1-4-8-17(3)9-7-12(15-2)13-6-5-11(14)10-16-13/h5-6,10,12,15H,4,7-9H2,1-3H3. The van der Waals surface area contributed by atoms with Gasteiger partial charge in [-0.3, -0.25) is 4.98 Å². The van der Waals surface area contributed by atoms with Gasteiger partial charge in [0.2, 0.25) is 0 Å². The highest BCUT2D eigenvalue weighted by atomic mass is 19.1. The molecule has 1 unspecified atom stereocenters. The number of nitrogens with zero attached hydrogens (tertiary/aromatic N) is 2. The van der Waals surface area contributed by atoms with Crippen LogP contribution in [0.15, 0.2) is 18.3 Å². The zero-order chi connectivity index (χ0) is 12.7. The van der Waals surface area contributed by atoms with E-state index in [1.165, 1.54) is 12.3 Å². The Kier molecular flexibility index (Phi) is 6.08. The van der Waals surface area contributed by atoms with Gasteiger partial charge in [-0.2, -0.15) is 0 Å². The molecule has 0 aliphatic rings. The summed E-state index contributed by atoms with van der Waals surface area (Å²) in [5, 5.41) is 3.22. The van der Waals surface area contributed by atoms with Gasteiger partial charge in [0.05, 0.1) is 17.9 Å². The molecule has 0 radical (unpaired) electrons. The third-order valence-electron chi connectivity index (χ3n) is 2.86. The Bertz CT molecular complexity index is 313. The number of nitrogens with one attached hydrogen (secondary N) is 1. The first-order valence-electron chi connectivity index (χ1n) is 6.14. The maximum Gasteiger partial charge on any atom is 0.141 e. The highest BCUT2D eigenvalue weighted by Gasteiger charge is 2.11. The van der Waals surface area contributed by atoms with E-state index in [0.717, 1.165) is 31.6 Å². The van der Waals surface area contributed by atoms with E-state index < -0.39 is 0 Å². The molecule has 1 atom stereocenters. The van der Waals surface area contributed by atoms with E-state index in [4.69, 9.17) is 0 Å². The molecule has 1 N–H and O–H groups in total. The Hall–Kier alpha value is -1.00. The normalized spacial score (nSPS) is 13.0. The highest BCUT2D eigenvalue weighted by molar-refractivity contribution is 5.09. The van der Waals surface area contributed by atoms with Crippen LogP contribution in [-0.2, 0) is 0 Å². The average Bonchev–Trinajstić information content (AvgIpc) is 2.32. The summed E-state index contributed by atoms with van der Waals surface area (Å²) in [5.74, 6) is -0.285. The lowest BCUT2D eigenvalue weighted by molar-refractivity contribution is 0.310. The van der Waals surface area contributed by atoms with Gasteiger partial charge in [0, 0.05) is 0 Å². The number of halogens is 1. The average molecular weight is 239 g/mol. The zero-order valence-corrected chi connectivity index (χ0v) is 10.9. The molecule has 0 spiro atoms. The zero-order valence-electron chi connectivity index (χ0n) is 10.9. The fourth-order valence-corrected chi connectivity index (χ4v) is 1.88. The molecule has 4 heteroatoms. The largest absolute Gasteiger partial charge is 0.312 e. The summed E-state index contributed by atoms with van der Waals surface area (Å²) >= 11 is 0. The van der Waals surface area contributed by atoms with Crippen molar-refractivity contribution in [3.63, 3.8) is 0 Å². The summed E-state index contributed by atoms with van der Waals surface area (Å²) in [5.41, 5.74) is 0.902. The monoisotopic (exact) mass is 239 g/mol. The molecule has 3 nitrogen and oxygen atoms in total. The van der Waals surface area contributed by atoms with E-state index in [1.54, 1.807) is 6.07 Å². The molecule has 0 aromatic carbocycles. The van der Waals surface area contributed by atoms with Crippen molar-refractivity contribution >= 4 is 0 Å². The van der Waals surface area contributed by atoms with Crippen LogP contribution in [0, 0.1) is 5.82 Å². The van der Waals surface area contributed by atoms with Crippen LogP contribution in [0.4, 0.5) is 4.39 Å². The van der Waals surface area contributed by atoms with Crippen LogP contribution >= 0.6 is 0 Å². The number of pyridine rings is 1. The molecule has 0 fully saturated rings. The second-order valence-corrected chi connectivity index (χ2v) is 4.33. The Morgan fingerprint density at radius 2 is 2.18 bits per heavy atom. The SMILES string of the molecule is CCCN(C)CCC(NC)c1ccc(F)cn1. The molecule has 1 rings (SSSR count). The Morgan fingerprint density at radius 1 is 1.41 bits per heavy atom. The summed E-state index contributed by atoms with van der Waals surface area (Å²) in [7, 11) is 4.03. The number of hydrogen-bond acceptors (Lipinski definition) is 3. The van der Waals surface area contributed by atoms with Crippen molar-refractivity contribution < 1.29 is 4.39 Å². The van der Waals surface area contributed by atoms with Gasteiger partial charge in [-0.05, 0) is 52.2 Å². The fraction of sp³-hybridized carbons (Fsp3) is 0.615. The van der Waals surface area contributed by atoms with Gasteiger partial charge in [-0.15, -0.1) is 0 Å². The van der Waals surface area contributed by atoms with Gasteiger partial charge >= 0.3 is 0 Å². The molecule has 0 aliphatic carbocycles. The van der Waals surface area contributed by atoms with Crippen LogP contribution < -0.4 is 5.32 Å². The Balaban J connectivity index is 2.51. The minimum atomic E-state index is -0.285. The minimum Gasteiger partial charge on any atom is -0.312 e. The molecule has 0 amide bonds. The van der Waals surface area contributed by atoms with Crippen molar-refractivity contribution in [3.8, 4) is 0 Å². The summed E-state index contributed by atoms with van der Waals surface area (Å²) in [6, 6.07) is 3.40. The molecule has 96 valence electrons. The molecule has 1 aromatic heterocycles. The van der Waals surface area contributed by atoms with Gasteiger partial charge in [0.15, 0.2) is 0 Å². The van der Waals surface area contributed by atoms with E-state index in [2.05, 4.69) is 29.2 Å². The molecule has 0 bridgehead atoms. The molecule has 1 aromatic rings. The lowest BCUT2D eigenvalue weighted by Crippen LogP contribution is -2.26. The number of aromatic nitrogens is 1. The predicted molar refractivity (Wildman–Crippen MR) is 68.4 cm³/mol. The van der Waals surface area contributed by atoms with E-state index in [-0.39, 0.29) is 11.9 Å². The molecular weight excluding hydrogens is 217 g/mol. The van der Waals surface area contributed by atoms with E-state index in [0.29, 0.717) is 0 Å². The topological polar surface area (TPSA) is 28.2 Å². The van der Waals surface area contributed by atoms with E-state index in [9.17, 15) is 4.39 Å². The third kappa shape index (κ3) is 4.79. The summed E-state index contributed by atoms with van der Waals surface area (Å²) in [4.78, 5) is 6.42. The summed E-state index contributed by atoms with van der Waals surface area (Å²) in [6.45, 7) is 4.29. The smallest absolute Gasteiger partial charge is 0.141 e. The van der Waals surface area contributed by atoms with Crippen LogP contribution in [0.2, 0.25) is 0 Å². The van der Waals surface area contributed by atoms with Crippen LogP contribution in [0.5, 0.6) is 0 Å². The first-order chi connectivity index (χ1) is 8.17. The van der Waals surface area contributed by atoms with Crippen molar-refractivity contribution in [3.05, 3.63) is 29.8 Å². The number of hydrogen-bond donors (Lipinski definition) is 1. The lowest BCUT2D eigenvalue weighted by Gasteiger charge is -2.20. The van der Waals surface area contributed by atoms with Crippen LogP contribution in [0.25, 0.3) is 0 Å². The lowest BCUT2D eigenvalue weighted by atomic mass is 10.1. The minimum absolute atomic E-state index is 0.190. The molecule has 0 saturated heterocycles. The van der Waals surface area contributed by atoms with Gasteiger partial charge in [-0.1, -0.05) is 6.92 Å². The molecule has 17 heavy (non-hydrogen) atoms. The first-order valence-corrected chi connectivity index (χ1v) is 6.14. The van der Waals surface area contributed by atoms with Crippen molar-refractivity contribution in [2.45, 2.75) is 25.8 Å². The van der Waals surface area contributed by atoms with Crippen molar-refractivity contribution in [1.82, 2.24) is 15.2 Å². The maximum absolute atomic E-state index is 12.8. The van der Waals surface area contributed by atoms with Gasteiger partial charge in [0.25, 0.3) is 0 Å². The second kappa shape index (κ2) is 7.35. The molecular formula is C13H22FN3. The predicted octanol–water partition coefficient (Wildman–Crippen LogP) is 2.21. The number of rotatable bonds is 7. The van der Waals surface area contributed by atoms with E-state index >= 15 is 0 Å². The Morgan fingerprint density at radius 3 is 2.71 bits per heavy atom. The van der Waals surface area contributed by atoms with Crippen molar-refractivity contribution in [2.75, 3.05) is 27.2 Å². The summed E-state index contributed by atoms with van der Waals surface area (Å²) in [6.07, 6.45) is 3.41. The van der Waals surface area contributed by atoms with Crippen molar-refractivity contribution in [2.24, 2.45) is 0 Å². The quantitative estimate of drug-likeness (QED) is 0.790. The Labute approximate surface area is 103 Å². The molecule has 0 saturated carbocycles. The third-order valence-corrected chi connectivity index (χ3v) is 2.86. The second-order valence-electron chi connectivity index (χ2n) is 4.33. The van der Waals surface area contributed by atoms with Gasteiger partial charge < -0.3 is 10.2 Å². The maximum atomic E-state index is 12.8. The van der Waals surface area contributed by atoms with E-state index in [1.807, 2.05) is 7.05 Å². The van der Waals surface area contributed by atoms with Gasteiger partial charge in [0.1, 0.15) is 5.82 Å². The van der Waals surface area contributed by atoms with Crippen molar-refractivity contribution in [1.29, 1.82) is 0 Å². The van der Waals surface area contributed by atoms with Crippen LogP contribution in [0.1, 0.15) is 31.5 Å².